The Morgan fingerprint density at radius 2 is 0.721 bits per heavy atom. The van der Waals surface area contributed by atoms with Crippen LogP contribution in [0.2, 0.25) is 0 Å². The molecule has 0 amide bonds. The second-order valence-electron chi connectivity index (χ2n) is 18.5. The molecule has 16 rings (SSSR count). The number of hydrogen-bond acceptors (Lipinski definition) is 2. The molecule has 13 aromatic carbocycles. The van der Waals surface area contributed by atoms with E-state index in [-0.39, 0.29) is 0 Å². The van der Waals surface area contributed by atoms with Crippen molar-refractivity contribution < 1.29 is 0 Å². The molecule has 16 aromatic rings. The van der Waals surface area contributed by atoms with Crippen LogP contribution in [0.1, 0.15) is 0 Å². The van der Waals surface area contributed by atoms with Crippen molar-refractivity contribution in [3.8, 4) is 34.2 Å². The normalized spacial score (nSPS) is 12.4. The van der Waals surface area contributed by atoms with E-state index in [9.17, 15) is 0 Å². The third kappa shape index (κ3) is 4.93. The predicted octanol–water partition coefficient (Wildman–Crippen LogP) is 17.0. The minimum absolute atomic E-state index is 0.633. The van der Waals surface area contributed by atoms with Gasteiger partial charge in [0.05, 0.1) is 33.5 Å². The Balaban J connectivity index is 1.02. The van der Waals surface area contributed by atoms with Crippen LogP contribution in [-0.4, -0.2) is 19.1 Å². The number of aromatic nitrogens is 4. The summed E-state index contributed by atoms with van der Waals surface area (Å²) in [6.07, 6.45) is 0. The number of para-hydroxylation sites is 2. The van der Waals surface area contributed by atoms with Crippen molar-refractivity contribution in [2.24, 2.45) is 0 Å². The lowest BCUT2D eigenvalue weighted by Gasteiger charge is -2.16. The summed E-state index contributed by atoms with van der Waals surface area (Å²) in [7, 11) is 0. The molecule has 3 heterocycles. The topological polar surface area (TPSA) is 35.6 Å². The van der Waals surface area contributed by atoms with Crippen LogP contribution in [0.15, 0.2) is 218 Å². The van der Waals surface area contributed by atoms with Crippen LogP contribution < -0.4 is 0 Å². The van der Waals surface area contributed by atoms with Crippen LogP contribution in [0.5, 0.6) is 0 Å². The van der Waals surface area contributed by atoms with E-state index in [4.69, 9.17) is 9.97 Å². The first-order valence-electron chi connectivity index (χ1n) is 23.4. The zero-order valence-electron chi connectivity index (χ0n) is 36.6. The van der Waals surface area contributed by atoms with Gasteiger partial charge in [-0.05, 0) is 136 Å². The zero-order valence-corrected chi connectivity index (χ0v) is 36.6. The standard InChI is InChI=1S/C64H36N4/c1-2-10-42-35-49(28-27-37(42)9-1)67-56-18-6-4-16-52(56)62-57(67)30-29-51-50-15-3-5-17-55(50)68(63(51)62)64-65-53(47-31-43-23-19-38-11-7-12-39-20-24-44(32-47)60(43)58(38)39)36-54(66-64)48-33-45-25-21-40-13-8-14-41-22-26-46(34-48)61(45)59(40)41/h1-36H. The molecule has 4 heteroatoms. The second kappa shape index (κ2) is 13.3. The van der Waals surface area contributed by atoms with E-state index in [0.717, 1.165) is 61.0 Å². The Morgan fingerprint density at radius 1 is 0.265 bits per heavy atom. The van der Waals surface area contributed by atoms with Gasteiger partial charge < -0.3 is 4.57 Å². The van der Waals surface area contributed by atoms with Gasteiger partial charge in [-0.25, -0.2) is 9.97 Å². The summed E-state index contributed by atoms with van der Waals surface area (Å²) in [5, 5.41) is 22.1. The summed E-state index contributed by atoms with van der Waals surface area (Å²) in [5.41, 5.74) is 9.42. The predicted molar refractivity (Wildman–Crippen MR) is 286 cm³/mol. The highest BCUT2D eigenvalue weighted by Gasteiger charge is 2.24. The molecule has 3 aromatic heterocycles. The molecule has 0 bridgehead atoms. The van der Waals surface area contributed by atoms with Gasteiger partial charge in [-0.1, -0.05) is 158 Å². The van der Waals surface area contributed by atoms with Crippen molar-refractivity contribution >= 4 is 119 Å². The average Bonchev–Trinajstić information content (AvgIpc) is 3.92. The maximum atomic E-state index is 5.68. The van der Waals surface area contributed by atoms with Crippen LogP contribution in [0.3, 0.4) is 0 Å². The van der Waals surface area contributed by atoms with E-state index in [1.54, 1.807) is 0 Å². The molecule has 0 N–H and O–H groups in total. The molecule has 0 radical (unpaired) electrons. The van der Waals surface area contributed by atoms with E-state index in [2.05, 4.69) is 228 Å². The monoisotopic (exact) mass is 860 g/mol. The third-order valence-corrected chi connectivity index (χ3v) is 14.9. The number of nitrogens with zero attached hydrogens (tertiary/aromatic N) is 4. The van der Waals surface area contributed by atoms with Crippen LogP contribution in [0.4, 0.5) is 0 Å². The zero-order chi connectivity index (χ0) is 44.2. The van der Waals surface area contributed by atoms with Crippen LogP contribution >= 0.6 is 0 Å². The molecule has 68 heavy (non-hydrogen) atoms. The number of hydrogen-bond donors (Lipinski definition) is 0. The fourth-order valence-corrected chi connectivity index (χ4v) is 11.9. The van der Waals surface area contributed by atoms with Crippen LogP contribution in [-0.2, 0) is 0 Å². The Morgan fingerprint density at radius 3 is 1.31 bits per heavy atom. The van der Waals surface area contributed by atoms with Crippen molar-refractivity contribution in [1.29, 1.82) is 0 Å². The van der Waals surface area contributed by atoms with Gasteiger partial charge >= 0.3 is 0 Å². The van der Waals surface area contributed by atoms with Crippen LogP contribution in [0, 0.1) is 0 Å². The highest BCUT2D eigenvalue weighted by Crippen LogP contribution is 2.44. The second-order valence-corrected chi connectivity index (χ2v) is 18.5. The summed E-state index contributed by atoms with van der Waals surface area (Å²) >= 11 is 0. The minimum Gasteiger partial charge on any atom is -0.309 e. The molecule has 0 unspecified atom stereocenters. The summed E-state index contributed by atoms with van der Waals surface area (Å²) < 4.78 is 4.76. The Labute approximate surface area is 388 Å². The quantitative estimate of drug-likeness (QED) is 0.165. The van der Waals surface area contributed by atoms with E-state index >= 15 is 0 Å². The summed E-state index contributed by atoms with van der Waals surface area (Å²) in [5.74, 6) is 0.633. The van der Waals surface area contributed by atoms with Crippen molar-refractivity contribution in [3.05, 3.63) is 218 Å². The number of rotatable bonds is 4. The number of fused-ring (bicyclic) bond motifs is 8. The highest BCUT2D eigenvalue weighted by atomic mass is 15.2. The lowest BCUT2D eigenvalue weighted by Crippen LogP contribution is -2.04. The fraction of sp³-hybridized carbons (Fsp3) is 0. The molecule has 0 aliphatic heterocycles. The Bertz CT molecular complexity index is 4510. The van der Waals surface area contributed by atoms with E-state index in [0.29, 0.717) is 5.95 Å². The summed E-state index contributed by atoms with van der Waals surface area (Å²) in [6, 6.07) is 80.3. The first kappa shape index (κ1) is 36.1. The number of benzene rings is 13. The molecule has 4 nitrogen and oxygen atoms in total. The lowest BCUT2D eigenvalue weighted by atomic mass is 9.91. The van der Waals surface area contributed by atoms with E-state index in [1.807, 2.05) is 0 Å². The molecule has 0 aliphatic carbocycles. The maximum Gasteiger partial charge on any atom is 0.235 e. The fourth-order valence-electron chi connectivity index (χ4n) is 11.9. The summed E-state index contributed by atoms with van der Waals surface area (Å²) in [6.45, 7) is 0. The van der Waals surface area contributed by atoms with Gasteiger partial charge in [-0.3, -0.25) is 4.57 Å². The van der Waals surface area contributed by atoms with Gasteiger partial charge in [0.15, 0.2) is 0 Å². The molecule has 0 spiro atoms. The van der Waals surface area contributed by atoms with Gasteiger partial charge in [0, 0.05) is 38.4 Å². The molecule has 312 valence electrons. The SMILES string of the molecule is c1ccc2cc(-n3c4ccccc4c4c3ccc3c5ccccc5n(-c5nc(-c6cc7ccc8cccc9ccc(c6)c7c89)cc(-c6cc7ccc8cccc9ccc(c6)c7c89)n5)c34)ccc2c1. The smallest absolute Gasteiger partial charge is 0.235 e. The van der Waals surface area contributed by atoms with Gasteiger partial charge in [-0.2, -0.15) is 0 Å². The molecular formula is C64H36N4. The molecule has 0 saturated carbocycles. The molecule has 0 fully saturated rings. The average molecular weight is 861 g/mol. The molecule has 0 saturated heterocycles. The largest absolute Gasteiger partial charge is 0.309 e. The van der Waals surface area contributed by atoms with Crippen molar-refractivity contribution in [3.63, 3.8) is 0 Å². The molecular weight excluding hydrogens is 825 g/mol. The highest BCUT2D eigenvalue weighted by molar-refractivity contribution is 6.27. The third-order valence-electron chi connectivity index (χ3n) is 14.9. The lowest BCUT2D eigenvalue weighted by molar-refractivity contribution is 0.998. The maximum absolute atomic E-state index is 5.68. The first-order chi connectivity index (χ1) is 33.7. The van der Waals surface area contributed by atoms with Crippen LogP contribution in [0.25, 0.3) is 153 Å². The molecule has 0 atom stereocenters. The van der Waals surface area contributed by atoms with Crippen molar-refractivity contribution in [2.45, 2.75) is 0 Å². The van der Waals surface area contributed by atoms with Crippen molar-refractivity contribution in [2.75, 3.05) is 0 Å². The van der Waals surface area contributed by atoms with Gasteiger partial charge in [0.25, 0.3) is 0 Å². The van der Waals surface area contributed by atoms with Gasteiger partial charge in [0.1, 0.15) is 0 Å². The molecule has 0 aliphatic rings. The van der Waals surface area contributed by atoms with E-state index < -0.39 is 0 Å². The van der Waals surface area contributed by atoms with Crippen molar-refractivity contribution in [1.82, 2.24) is 19.1 Å². The van der Waals surface area contributed by atoms with Gasteiger partial charge in [-0.15, -0.1) is 0 Å². The Kier molecular flexibility index (Phi) is 7.04. The Hall–Kier alpha value is -9.12. The van der Waals surface area contributed by atoms with E-state index in [1.165, 1.54) is 86.2 Å². The summed E-state index contributed by atoms with van der Waals surface area (Å²) in [4.78, 5) is 11.4. The van der Waals surface area contributed by atoms with Gasteiger partial charge in [0.2, 0.25) is 5.95 Å². The first-order valence-corrected chi connectivity index (χ1v) is 23.4. The minimum atomic E-state index is 0.633.